The van der Waals surface area contributed by atoms with Crippen molar-refractivity contribution in [1.29, 1.82) is 0 Å². The molecule has 2 aromatic rings. The number of benzene rings is 1. The van der Waals surface area contributed by atoms with Crippen molar-refractivity contribution in [2.75, 3.05) is 11.9 Å². The van der Waals surface area contributed by atoms with Crippen molar-refractivity contribution in [2.24, 2.45) is 0 Å². The van der Waals surface area contributed by atoms with Gasteiger partial charge in [0.05, 0.1) is 12.2 Å². The van der Waals surface area contributed by atoms with E-state index < -0.39 is 12.8 Å². The Morgan fingerprint density at radius 3 is 2.76 bits per heavy atom. The molecule has 0 atom stereocenters. The third kappa shape index (κ3) is 5.09. The van der Waals surface area contributed by atoms with Crippen molar-refractivity contribution in [2.45, 2.75) is 19.6 Å². The topological polar surface area (TPSA) is 34.1 Å². The van der Waals surface area contributed by atoms with Gasteiger partial charge in [-0.3, -0.25) is 0 Å². The van der Waals surface area contributed by atoms with Crippen LogP contribution in [0.2, 0.25) is 4.47 Å². The summed E-state index contributed by atoms with van der Waals surface area (Å²) in [6.07, 6.45) is -2.75. The SMILES string of the molecule is Cc1ccc(OCC(F)(F)F)c(NCc2cnc(Cl)s2)c1. The number of nitrogens with zero attached hydrogens (tertiary/aromatic N) is 1. The van der Waals surface area contributed by atoms with Crippen LogP contribution in [0.4, 0.5) is 18.9 Å². The molecule has 0 spiro atoms. The number of anilines is 1. The average Bonchev–Trinajstić information content (AvgIpc) is 2.80. The maximum absolute atomic E-state index is 12.2. The second kappa shape index (κ2) is 6.53. The minimum atomic E-state index is -4.37. The Morgan fingerprint density at radius 1 is 1.38 bits per heavy atom. The van der Waals surface area contributed by atoms with Gasteiger partial charge in [-0.25, -0.2) is 4.98 Å². The summed E-state index contributed by atoms with van der Waals surface area (Å²) < 4.78 is 42.0. The predicted octanol–water partition coefficient (Wildman–Crippen LogP) is 4.66. The number of hydrogen-bond donors (Lipinski definition) is 1. The van der Waals surface area contributed by atoms with Crippen molar-refractivity contribution in [3.8, 4) is 5.75 Å². The fourth-order valence-corrected chi connectivity index (χ4v) is 2.53. The van der Waals surface area contributed by atoms with E-state index in [0.29, 0.717) is 16.7 Å². The van der Waals surface area contributed by atoms with E-state index >= 15 is 0 Å². The Morgan fingerprint density at radius 2 is 2.14 bits per heavy atom. The maximum Gasteiger partial charge on any atom is 0.422 e. The molecule has 1 heterocycles. The van der Waals surface area contributed by atoms with Crippen molar-refractivity contribution in [1.82, 2.24) is 4.98 Å². The van der Waals surface area contributed by atoms with Gasteiger partial charge >= 0.3 is 6.18 Å². The third-order valence-electron chi connectivity index (χ3n) is 2.50. The lowest BCUT2D eigenvalue weighted by atomic mass is 10.2. The zero-order valence-corrected chi connectivity index (χ0v) is 12.6. The van der Waals surface area contributed by atoms with E-state index in [2.05, 4.69) is 10.3 Å². The van der Waals surface area contributed by atoms with E-state index in [4.69, 9.17) is 16.3 Å². The third-order valence-corrected chi connectivity index (χ3v) is 3.62. The van der Waals surface area contributed by atoms with Gasteiger partial charge in [-0.1, -0.05) is 17.7 Å². The average molecular weight is 337 g/mol. The van der Waals surface area contributed by atoms with E-state index in [-0.39, 0.29) is 5.75 Å². The lowest BCUT2D eigenvalue weighted by Crippen LogP contribution is -2.19. The molecule has 0 aliphatic carbocycles. The molecule has 1 aromatic heterocycles. The lowest BCUT2D eigenvalue weighted by Gasteiger charge is -2.14. The van der Waals surface area contributed by atoms with E-state index in [1.54, 1.807) is 18.3 Å². The number of ether oxygens (including phenoxy) is 1. The van der Waals surface area contributed by atoms with Gasteiger partial charge in [-0.05, 0) is 24.6 Å². The molecule has 0 radical (unpaired) electrons. The molecule has 2 rings (SSSR count). The molecule has 21 heavy (non-hydrogen) atoms. The van der Waals surface area contributed by atoms with E-state index in [9.17, 15) is 13.2 Å². The van der Waals surface area contributed by atoms with Crippen LogP contribution in [0.1, 0.15) is 10.4 Å². The summed E-state index contributed by atoms with van der Waals surface area (Å²) in [5.41, 5.74) is 1.42. The van der Waals surface area contributed by atoms with Crippen molar-refractivity contribution in [3.05, 3.63) is 39.3 Å². The van der Waals surface area contributed by atoms with Gasteiger partial charge in [-0.15, -0.1) is 11.3 Å². The highest BCUT2D eigenvalue weighted by molar-refractivity contribution is 7.15. The summed E-state index contributed by atoms with van der Waals surface area (Å²) in [4.78, 5) is 4.78. The molecule has 0 saturated carbocycles. The van der Waals surface area contributed by atoms with Crippen LogP contribution in [-0.2, 0) is 6.54 Å². The first-order chi connectivity index (χ1) is 9.83. The first kappa shape index (κ1) is 15.9. The lowest BCUT2D eigenvalue weighted by molar-refractivity contribution is -0.153. The number of thiazole rings is 1. The first-order valence-corrected chi connectivity index (χ1v) is 7.17. The Kier molecular flexibility index (Phi) is 4.95. The highest BCUT2D eigenvalue weighted by Gasteiger charge is 2.28. The molecular weight excluding hydrogens is 325 g/mol. The summed E-state index contributed by atoms with van der Waals surface area (Å²) >= 11 is 7.03. The van der Waals surface area contributed by atoms with Crippen LogP contribution in [0.25, 0.3) is 0 Å². The minimum absolute atomic E-state index is 0.161. The van der Waals surface area contributed by atoms with Gasteiger partial charge in [0.15, 0.2) is 11.1 Å². The van der Waals surface area contributed by atoms with Gasteiger partial charge < -0.3 is 10.1 Å². The number of nitrogens with one attached hydrogen (secondary N) is 1. The van der Waals surface area contributed by atoms with Crippen LogP contribution in [0.3, 0.4) is 0 Å². The van der Waals surface area contributed by atoms with E-state index in [1.165, 1.54) is 17.4 Å². The van der Waals surface area contributed by atoms with E-state index in [0.717, 1.165) is 10.4 Å². The van der Waals surface area contributed by atoms with Crippen molar-refractivity contribution in [3.63, 3.8) is 0 Å². The van der Waals surface area contributed by atoms with Gasteiger partial charge in [0.25, 0.3) is 0 Å². The number of aromatic nitrogens is 1. The smallest absolute Gasteiger partial charge is 0.422 e. The molecule has 8 heteroatoms. The molecule has 0 aliphatic heterocycles. The quantitative estimate of drug-likeness (QED) is 0.862. The van der Waals surface area contributed by atoms with Crippen molar-refractivity contribution >= 4 is 28.6 Å². The fourth-order valence-electron chi connectivity index (χ4n) is 1.62. The van der Waals surface area contributed by atoms with Crippen LogP contribution < -0.4 is 10.1 Å². The normalized spacial score (nSPS) is 11.5. The number of rotatable bonds is 5. The van der Waals surface area contributed by atoms with Crippen LogP contribution in [0.5, 0.6) is 5.75 Å². The van der Waals surface area contributed by atoms with Gasteiger partial charge in [0.1, 0.15) is 5.75 Å². The highest BCUT2D eigenvalue weighted by atomic mass is 35.5. The Labute approximate surface area is 128 Å². The minimum Gasteiger partial charge on any atom is -0.482 e. The molecular formula is C13H12ClF3N2OS. The molecule has 114 valence electrons. The molecule has 0 amide bonds. The molecule has 0 saturated heterocycles. The van der Waals surface area contributed by atoms with Crippen LogP contribution in [0, 0.1) is 6.92 Å². The number of halogens is 4. The summed E-state index contributed by atoms with van der Waals surface area (Å²) in [6, 6.07) is 4.94. The van der Waals surface area contributed by atoms with Crippen LogP contribution in [-0.4, -0.2) is 17.8 Å². The van der Waals surface area contributed by atoms with Crippen molar-refractivity contribution < 1.29 is 17.9 Å². The maximum atomic E-state index is 12.2. The molecule has 0 unspecified atom stereocenters. The fraction of sp³-hybridized carbons (Fsp3) is 0.308. The van der Waals surface area contributed by atoms with Crippen LogP contribution >= 0.6 is 22.9 Å². The molecule has 0 bridgehead atoms. The summed E-state index contributed by atoms with van der Waals surface area (Å²) in [6.45, 7) is 0.940. The summed E-state index contributed by atoms with van der Waals surface area (Å²) in [7, 11) is 0. The number of aryl methyl sites for hydroxylation is 1. The Bertz CT molecular complexity index is 616. The standard InChI is InChI=1S/C13H12ClF3N2OS/c1-8-2-3-11(20-7-13(15,16)17)10(4-8)18-5-9-6-19-12(14)21-9/h2-4,6,18H,5,7H2,1H3. The molecule has 1 aromatic carbocycles. The second-order valence-electron chi connectivity index (χ2n) is 4.34. The Balaban J connectivity index is 2.07. The zero-order chi connectivity index (χ0) is 15.5. The predicted molar refractivity (Wildman–Crippen MR) is 77.2 cm³/mol. The Hall–Kier alpha value is -1.47. The molecule has 1 N–H and O–H groups in total. The molecule has 0 aliphatic rings. The molecule has 3 nitrogen and oxygen atoms in total. The van der Waals surface area contributed by atoms with Crippen LogP contribution in [0.15, 0.2) is 24.4 Å². The van der Waals surface area contributed by atoms with E-state index in [1.807, 2.05) is 6.92 Å². The van der Waals surface area contributed by atoms with Gasteiger partial charge in [-0.2, -0.15) is 13.2 Å². The largest absolute Gasteiger partial charge is 0.482 e. The number of hydrogen-bond acceptors (Lipinski definition) is 4. The summed E-state index contributed by atoms with van der Waals surface area (Å²) in [5.74, 6) is 0.161. The van der Waals surface area contributed by atoms with Gasteiger partial charge in [0, 0.05) is 11.1 Å². The number of alkyl halides is 3. The zero-order valence-electron chi connectivity index (χ0n) is 11.0. The molecule has 0 fully saturated rings. The summed E-state index contributed by atoms with van der Waals surface area (Å²) in [5, 5.41) is 3.04. The van der Waals surface area contributed by atoms with Gasteiger partial charge in [0.2, 0.25) is 0 Å². The first-order valence-electron chi connectivity index (χ1n) is 5.98. The highest BCUT2D eigenvalue weighted by Crippen LogP contribution is 2.29. The second-order valence-corrected chi connectivity index (χ2v) is 6.03. The monoisotopic (exact) mass is 336 g/mol.